The molecule has 1 fully saturated rings. The van der Waals surface area contributed by atoms with Crippen LogP contribution in [0, 0.1) is 11.8 Å². The minimum Gasteiger partial charge on any atom is -0.481 e. The minimum absolute atomic E-state index is 0.239. The molecule has 2 N–H and O–H groups in total. The zero-order chi connectivity index (χ0) is 10.4. The predicted molar refractivity (Wildman–Crippen MR) is 56.2 cm³/mol. The van der Waals surface area contributed by atoms with Crippen LogP contribution in [0.5, 0.6) is 0 Å². The normalized spacial score (nSPS) is 27.5. The first-order valence-electron chi connectivity index (χ1n) is 5.61. The van der Waals surface area contributed by atoms with Gasteiger partial charge in [-0.05, 0) is 31.2 Å². The predicted octanol–water partition coefficient (Wildman–Crippen LogP) is 1.88. The summed E-state index contributed by atoms with van der Waals surface area (Å²) < 4.78 is 0. The quantitative estimate of drug-likeness (QED) is 0.665. The summed E-state index contributed by atoms with van der Waals surface area (Å²) in [6.45, 7) is 3.93. The van der Waals surface area contributed by atoms with E-state index in [1.54, 1.807) is 0 Å². The number of hydrogen-bond donors (Lipinski definition) is 2. The van der Waals surface area contributed by atoms with Crippen molar-refractivity contribution in [2.24, 2.45) is 11.8 Å². The first kappa shape index (κ1) is 11.5. The molecule has 0 radical (unpaired) electrons. The fourth-order valence-corrected chi connectivity index (χ4v) is 2.03. The molecule has 3 heteroatoms. The van der Waals surface area contributed by atoms with Crippen molar-refractivity contribution in [2.45, 2.75) is 39.0 Å². The lowest BCUT2D eigenvalue weighted by Gasteiger charge is -2.26. The highest BCUT2D eigenvalue weighted by Gasteiger charge is 2.17. The molecule has 1 aliphatic carbocycles. The molecule has 0 atom stereocenters. The van der Waals surface area contributed by atoms with Crippen LogP contribution in [-0.2, 0) is 4.79 Å². The average molecular weight is 199 g/mol. The van der Waals surface area contributed by atoms with E-state index in [4.69, 9.17) is 5.11 Å². The Labute approximate surface area is 85.9 Å². The molecule has 0 aromatic rings. The summed E-state index contributed by atoms with van der Waals surface area (Å²) in [6.07, 6.45) is 5.53. The van der Waals surface area contributed by atoms with Gasteiger partial charge in [-0.25, -0.2) is 0 Å². The third-order valence-corrected chi connectivity index (χ3v) is 3.08. The molecule has 0 saturated heterocycles. The Kier molecular flexibility index (Phi) is 4.94. The molecule has 0 aliphatic heterocycles. The second-order valence-electron chi connectivity index (χ2n) is 4.47. The molecule has 1 saturated carbocycles. The van der Waals surface area contributed by atoms with Gasteiger partial charge in [-0.2, -0.15) is 0 Å². The second kappa shape index (κ2) is 6.02. The van der Waals surface area contributed by atoms with Gasteiger partial charge in [-0.3, -0.25) is 4.79 Å². The molecule has 1 aliphatic rings. The summed E-state index contributed by atoms with van der Waals surface area (Å²) in [6, 6.07) is 0. The third kappa shape index (κ3) is 4.61. The molecule has 0 bridgehead atoms. The summed E-state index contributed by atoms with van der Waals surface area (Å²) >= 11 is 0. The topological polar surface area (TPSA) is 49.3 Å². The molecule has 3 nitrogen and oxygen atoms in total. The van der Waals surface area contributed by atoms with E-state index in [2.05, 4.69) is 12.2 Å². The van der Waals surface area contributed by atoms with Crippen molar-refractivity contribution in [3.63, 3.8) is 0 Å². The lowest BCUT2D eigenvalue weighted by Crippen LogP contribution is -2.27. The lowest BCUT2D eigenvalue weighted by molar-refractivity contribution is -0.136. The van der Waals surface area contributed by atoms with Crippen LogP contribution in [0.2, 0.25) is 0 Å². The van der Waals surface area contributed by atoms with E-state index >= 15 is 0 Å². The number of rotatable bonds is 5. The van der Waals surface area contributed by atoms with Crippen molar-refractivity contribution in [3.8, 4) is 0 Å². The summed E-state index contributed by atoms with van der Waals surface area (Å²) in [5, 5.41) is 11.7. The molecule has 0 aromatic carbocycles. The highest BCUT2D eigenvalue weighted by Crippen LogP contribution is 2.27. The standard InChI is InChI=1S/C11H21NO2/c1-9-2-4-10(5-3-9)8-12-7-6-11(13)14/h9-10,12H,2-8H2,1H3,(H,13,14). The van der Waals surface area contributed by atoms with E-state index in [0.29, 0.717) is 6.54 Å². The van der Waals surface area contributed by atoms with Crippen molar-refractivity contribution >= 4 is 5.97 Å². The van der Waals surface area contributed by atoms with Crippen LogP contribution >= 0.6 is 0 Å². The average Bonchev–Trinajstić information content (AvgIpc) is 2.15. The van der Waals surface area contributed by atoms with Crippen molar-refractivity contribution in [2.75, 3.05) is 13.1 Å². The van der Waals surface area contributed by atoms with Crippen LogP contribution in [0.15, 0.2) is 0 Å². The summed E-state index contributed by atoms with van der Waals surface area (Å²) in [7, 11) is 0. The molecule has 1 rings (SSSR count). The maximum Gasteiger partial charge on any atom is 0.304 e. The Morgan fingerprint density at radius 2 is 2.00 bits per heavy atom. The number of carboxylic acids is 1. The fraction of sp³-hybridized carbons (Fsp3) is 0.909. The van der Waals surface area contributed by atoms with Crippen LogP contribution in [0.4, 0.5) is 0 Å². The zero-order valence-corrected chi connectivity index (χ0v) is 8.96. The Balaban J connectivity index is 1.99. The Bertz CT molecular complexity index is 174. The first-order valence-corrected chi connectivity index (χ1v) is 5.61. The summed E-state index contributed by atoms with van der Waals surface area (Å²) in [4.78, 5) is 10.3. The van der Waals surface area contributed by atoms with Gasteiger partial charge in [0.1, 0.15) is 0 Å². The smallest absolute Gasteiger partial charge is 0.304 e. The highest BCUT2D eigenvalue weighted by molar-refractivity contribution is 5.66. The number of hydrogen-bond acceptors (Lipinski definition) is 2. The molecule has 0 amide bonds. The monoisotopic (exact) mass is 199 g/mol. The van der Waals surface area contributed by atoms with Gasteiger partial charge in [0.15, 0.2) is 0 Å². The largest absolute Gasteiger partial charge is 0.481 e. The molecule has 82 valence electrons. The van der Waals surface area contributed by atoms with E-state index in [-0.39, 0.29) is 6.42 Å². The number of aliphatic carboxylic acids is 1. The summed E-state index contributed by atoms with van der Waals surface area (Å²) in [5.74, 6) is 0.958. The number of carbonyl (C=O) groups is 1. The van der Waals surface area contributed by atoms with E-state index in [0.717, 1.165) is 18.4 Å². The van der Waals surface area contributed by atoms with Crippen molar-refractivity contribution in [3.05, 3.63) is 0 Å². The second-order valence-corrected chi connectivity index (χ2v) is 4.47. The van der Waals surface area contributed by atoms with Gasteiger partial charge in [-0.15, -0.1) is 0 Å². The number of nitrogens with one attached hydrogen (secondary N) is 1. The van der Waals surface area contributed by atoms with Crippen LogP contribution in [0.3, 0.4) is 0 Å². The van der Waals surface area contributed by atoms with Crippen LogP contribution in [-0.4, -0.2) is 24.2 Å². The molecule has 0 heterocycles. The van der Waals surface area contributed by atoms with Gasteiger partial charge in [0.25, 0.3) is 0 Å². The van der Waals surface area contributed by atoms with Crippen LogP contribution in [0.1, 0.15) is 39.0 Å². The Morgan fingerprint density at radius 3 is 2.57 bits per heavy atom. The summed E-state index contributed by atoms with van der Waals surface area (Å²) in [5.41, 5.74) is 0. The van der Waals surface area contributed by atoms with E-state index < -0.39 is 5.97 Å². The van der Waals surface area contributed by atoms with Gasteiger partial charge in [-0.1, -0.05) is 19.8 Å². The van der Waals surface area contributed by atoms with Crippen molar-refractivity contribution < 1.29 is 9.90 Å². The lowest BCUT2D eigenvalue weighted by atomic mass is 9.83. The highest BCUT2D eigenvalue weighted by atomic mass is 16.4. The van der Waals surface area contributed by atoms with Gasteiger partial charge in [0, 0.05) is 6.54 Å². The van der Waals surface area contributed by atoms with Gasteiger partial charge in [0.2, 0.25) is 0 Å². The molecule has 0 spiro atoms. The molecule has 0 aromatic heterocycles. The Hall–Kier alpha value is -0.570. The Morgan fingerprint density at radius 1 is 1.36 bits per heavy atom. The van der Waals surface area contributed by atoms with E-state index in [1.807, 2.05) is 0 Å². The van der Waals surface area contributed by atoms with Crippen molar-refractivity contribution in [1.29, 1.82) is 0 Å². The van der Waals surface area contributed by atoms with E-state index in [9.17, 15) is 4.79 Å². The maximum atomic E-state index is 10.3. The van der Waals surface area contributed by atoms with E-state index in [1.165, 1.54) is 25.7 Å². The third-order valence-electron chi connectivity index (χ3n) is 3.08. The van der Waals surface area contributed by atoms with Gasteiger partial charge >= 0.3 is 5.97 Å². The first-order chi connectivity index (χ1) is 6.68. The fourth-order valence-electron chi connectivity index (χ4n) is 2.03. The SMILES string of the molecule is CC1CCC(CNCCC(=O)O)CC1. The van der Waals surface area contributed by atoms with Crippen molar-refractivity contribution in [1.82, 2.24) is 5.32 Å². The van der Waals surface area contributed by atoms with Gasteiger partial charge in [0.05, 0.1) is 6.42 Å². The molecule has 0 unspecified atom stereocenters. The molecular weight excluding hydrogens is 178 g/mol. The molecular formula is C11H21NO2. The molecule has 14 heavy (non-hydrogen) atoms. The number of carboxylic acid groups (broad SMARTS) is 1. The van der Waals surface area contributed by atoms with Crippen LogP contribution < -0.4 is 5.32 Å². The van der Waals surface area contributed by atoms with Gasteiger partial charge < -0.3 is 10.4 Å². The van der Waals surface area contributed by atoms with Crippen LogP contribution in [0.25, 0.3) is 0 Å². The minimum atomic E-state index is -0.713. The maximum absolute atomic E-state index is 10.3. The zero-order valence-electron chi connectivity index (χ0n) is 8.96.